The molecular weight excluding hydrogens is 211 g/mol. The summed E-state index contributed by atoms with van der Waals surface area (Å²) in [4.78, 5) is 3.31. The summed E-state index contributed by atoms with van der Waals surface area (Å²) in [5.41, 5.74) is 4.76. The third kappa shape index (κ3) is 2.28. The SMILES string of the molecule is CCC(C)(CN)c1nc(C(F)(F)F)no1. The molecule has 1 aromatic rings. The average Bonchev–Trinajstić information content (AvgIpc) is 2.65. The van der Waals surface area contributed by atoms with E-state index in [2.05, 4.69) is 14.7 Å². The molecule has 0 aromatic carbocycles. The fourth-order valence-corrected chi connectivity index (χ4v) is 0.967. The summed E-state index contributed by atoms with van der Waals surface area (Å²) in [6.07, 6.45) is -4.05. The first-order chi connectivity index (χ1) is 6.83. The zero-order valence-electron chi connectivity index (χ0n) is 8.43. The zero-order chi connectivity index (χ0) is 11.7. The topological polar surface area (TPSA) is 64.9 Å². The van der Waals surface area contributed by atoms with Gasteiger partial charge < -0.3 is 10.3 Å². The van der Waals surface area contributed by atoms with E-state index in [0.29, 0.717) is 6.42 Å². The Bertz CT molecular complexity index is 330. The van der Waals surface area contributed by atoms with E-state index in [0.717, 1.165) is 0 Å². The molecule has 86 valence electrons. The largest absolute Gasteiger partial charge is 0.455 e. The number of hydrogen-bond acceptors (Lipinski definition) is 4. The van der Waals surface area contributed by atoms with Crippen LogP contribution >= 0.6 is 0 Å². The van der Waals surface area contributed by atoms with E-state index in [9.17, 15) is 13.2 Å². The minimum Gasteiger partial charge on any atom is -0.338 e. The number of nitrogens with zero attached hydrogens (tertiary/aromatic N) is 2. The van der Waals surface area contributed by atoms with Gasteiger partial charge in [0.05, 0.1) is 5.41 Å². The molecule has 1 heterocycles. The molecule has 1 unspecified atom stereocenters. The zero-order valence-corrected chi connectivity index (χ0v) is 8.43. The number of alkyl halides is 3. The Morgan fingerprint density at radius 3 is 2.33 bits per heavy atom. The predicted molar refractivity (Wildman–Crippen MR) is 46.0 cm³/mol. The highest BCUT2D eigenvalue weighted by Gasteiger charge is 2.40. The molecule has 2 N–H and O–H groups in total. The minimum atomic E-state index is -4.58. The van der Waals surface area contributed by atoms with Crippen molar-refractivity contribution >= 4 is 0 Å². The third-order valence-electron chi connectivity index (χ3n) is 2.43. The number of aromatic nitrogens is 2. The summed E-state index contributed by atoms with van der Waals surface area (Å²) < 4.78 is 41.1. The molecule has 0 aliphatic heterocycles. The minimum absolute atomic E-state index is 0.0696. The van der Waals surface area contributed by atoms with Gasteiger partial charge in [0.15, 0.2) is 0 Å². The van der Waals surface area contributed by atoms with Gasteiger partial charge in [0.2, 0.25) is 5.89 Å². The van der Waals surface area contributed by atoms with Crippen LogP contribution in [-0.2, 0) is 11.6 Å². The number of rotatable bonds is 3. The molecule has 1 rings (SSSR count). The van der Waals surface area contributed by atoms with Crippen LogP contribution in [0, 0.1) is 0 Å². The lowest BCUT2D eigenvalue weighted by Crippen LogP contribution is -2.31. The molecule has 0 amide bonds. The Kier molecular flexibility index (Phi) is 3.03. The molecule has 0 saturated carbocycles. The predicted octanol–water partition coefficient (Wildman–Crippen LogP) is 1.71. The van der Waals surface area contributed by atoms with Gasteiger partial charge in [-0.15, -0.1) is 0 Å². The number of halogens is 3. The van der Waals surface area contributed by atoms with E-state index in [1.165, 1.54) is 0 Å². The summed E-state index contributed by atoms with van der Waals surface area (Å²) >= 11 is 0. The maximum Gasteiger partial charge on any atom is 0.455 e. The molecule has 0 saturated heterocycles. The van der Waals surface area contributed by atoms with E-state index < -0.39 is 17.4 Å². The van der Waals surface area contributed by atoms with Crippen LogP contribution in [0.4, 0.5) is 13.2 Å². The first-order valence-corrected chi connectivity index (χ1v) is 4.45. The molecule has 0 aliphatic carbocycles. The molecule has 1 aromatic heterocycles. The Balaban J connectivity index is 3.03. The van der Waals surface area contributed by atoms with Gasteiger partial charge in [-0.2, -0.15) is 18.2 Å². The van der Waals surface area contributed by atoms with Crippen LogP contribution in [-0.4, -0.2) is 16.7 Å². The van der Waals surface area contributed by atoms with Crippen molar-refractivity contribution in [3.63, 3.8) is 0 Å². The number of hydrogen-bond donors (Lipinski definition) is 1. The highest BCUT2D eigenvalue weighted by atomic mass is 19.4. The Morgan fingerprint density at radius 2 is 2.00 bits per heavy atom. The van der Waals surface area contributed by atoms with Crippen LogP contribution in [0.15, 0.2) is 4.52 Å². The molecular formula is C8H12F3N3O. The molecule has 0 aliphatic rings. The van der Waals surface area contributed by atoms with E-state index in [1.54, 1.807) is 13.8 Å². The van der Waals surface area contributed by atoms with Crippen molar-refractivity contribution in [1.82, 2.24) is 10.1 Å². The lowest BCUT2D eigenvalue weighted by molar-refractivity contribution is -0.146. The second-order valence-corrected chi connectivity index (χ2v) is 3.54. The van der Waals surface area contributed by atoms with Crippen molar-refractivity contribution < 1.29 is 17.7 Å². The second kappa shape index (κ2) is 3.80. The third-order valence-corrected chi connectivity index (χ3v) is 2.43. The van der Waals surface area contributed by atoms with Crippen molar-refractivity contribution in [3.05, 3.63) is 11.7 Å². The van der Waals surface area contributed by atoms with Gasteiger partial charge in [-0.3, -0.25) is 0 Å². The maximum atomic E-state index is 12.2. The number of nitrogens with two attached hydrogens (primary N) is 1. The van der Waals surface area contributed by atoms with Crippen molar-refractivity contribution in [2.45, 2.75) is 31.9 Å². The monoisotopic (exact) mass is 223 g/mol. The van der Waals surface area contributed by atoms with E-state index in [4.69, 9.17) is 5.73 Å². The molecule has 4 nitrogen and oxygen atoms in total. The maximum absolute atomic E-state index is 12.2. The van der Waals surface area contributed by atoms with Crippen molar-refractivity contribution in [1.29, 1.82) is 0 Å². The highest BCUT2D eigenvalue weighted by Crippen LogP contribution is 2.30. The fraction of sp³-hybridized carbons (Fsp3) is 0.750. The van der Waals surface area contributed by atoms with Crippen molar-refractivity contribution in [2.24, 2.45) is 5.73 Å². The quantitative estimate of drug-likeness (QED) is 0.847. The fourth-order valence-electron chi connectivity index (χ4n) is 0.967. The lowest BCUT2D eigenvalue weighted by atomic mass is 9.88. The highest BCUT2D eigenvalue weighted by molar-refractivity contribution is 5.04. The summed E-state index contributed by atoms with van der Waals surface area (Å²) in [6, 6.07) is 0. The summed E-state index contributed by atoms with van der Waals surface area (Å²) in [7, 11) is 0. The standard InChI is InChI=1S/C8H12F3N3O/c1-3-7(2,4-12)6-13-5(14-15-6)8(9,10)11/h3-4,12H2,1-2H3. The van der Waals surface area contributed by atoms with Gasteiger partial charge in [0, 0.05) is 6.54 Å². The van der Waals surface area contributed by atoms with E-state index >= 15 is 0 Å². The van der Waals surface area contributed by atoms with Crippen molar-refractivity contribution in [2.75, 3.05) is 6.54 Å². The van der Waals surface area contributed by atoms with Crippen LogP contribution < -0.4 is 5.73 Å². The summed E-state index contributed by atoms with van der Waals surface area (Å²) in [5, 5.41) is 2.88. The summed E-state index contributed by atoms with van der Waals surface area (Å²) in [5.74, 6) is -1.33. The molecule has 0 radical (unpaired) electrons. The van der Waals surface area contributed by atoms with Crippen LogP contribution in [0.25, 0.3) is 0 Å². The first kappa shape index (κ1) is 12.0. The normalized spacial score (nSPS) is 16.4. The van der Waals surface area contributed by atoms with Gasteiger partial charge in [-0.1, -0.05) is 12.1 Å². The van der Waals surface area contributed by atoms with Gasteiger partial charge in [-0.05, 0) is 13.3 Å². The molecule has 15 heavy (non-hydrogen) atoms. The Labute approximate surface area is 84.6 Å². The average molecular weight is 223 g/mol. The van der Waals surface area contributed by atoms with E-state index in [-0.39, 0.29) is 12.4 Å². The second-order valence-electron chi connectivity index (χ2n) is 3.54. The van der Waals surface area contributed by atoms with Gasteiger partial charge in [0.25, 0.3) is 5.82 Å². The van der Waals surface area contributed by atoms with Gasteiger partial charge >= 0.3 is 6.18 Å². The molecule has 1 atom stereocenters. The molecule has 0 fully saturated rings. The van der Waals surface area contributed by atoms with Crippen LogP contribution in [0.3, 0.4) is 0 Å². The lowest BCUT2D eigenvalue weighted by Gasteiger charge is -2.20. The molecule has 0 bridgehead atoms. The van der Waals surface area contributed by atoms with Crippen LogP contribution in [0.2, 0.25) is 0 Å². The van der Waals surface area contributed by atoms with Crippen LogP contribution in [0.5, 0.6) is 0 Å². The Hall–Kier alpha value is -1.11. The van der Waals surface area contributed by atoms with Crippen LogP contribution in [0.1, 0.15) is 32.0 Å². The Morgan fingerprint density at radius 1 is 1.40 bits per heavy atom. The smallest absolute Gasteiger partial charge is 0.338 e. The van der Waals surface area contributed by atoms with Gasteiger partial charge in [0.1, 0.15) is 0 Å². The first-order valence-electron chi connectivity index (χ1n) is 4.45. The molecule has 7 heteroatoms. The van der Waals surface area contributed by atoms with E-state index in [1.807, 2.05) is 0 Å². The molecule has 0 spiro atoms. The summed E-state index contributed by atoms with van der Waals surface area (Å²) in [6.45, 7) is 3.63. The van der Waals surface area contributed by atoms with Crippen molar-refractivity contribution in [3.8, 4) is 0 Å². The van der Waals surface area contributed by atoms with Gasteiger partial charge in [-0.25, -0.2) is 0 Å².